The molecule has 128 valence electrons. The zero-order valence-corrected chi connectivity index (χ0v) is 15.5. The van der Waals surface area contributed by atoms with Gasteiger partial charge in [-0.1, -0.05) is 51.1 Å². The number of fused-ring (bicyclic) bond motifs is 1. The number of pyridine rings is 1. The zero-order valence-electron chi connectivity index (χ0n) is 15.5. The molecule has 0 aliphatic heterocycles. The van der Waals surface area contributed by atoms with E-state index in [1.807, 2.05) is 28.8 Å². The summed E-state index contributed by atoms with van der Waals surface area (Å²) in [4.78, 5) is 2.25. The van der Waals surface area contributed by atoms with Gasteiger partial charge in [-0.25, -0.2) is 0 Å². The summed E-state index contributed by atoms with van der Waals surface area (Å²) in [6.07, 6.45) is 4.05. The van der Waals surface area contributed by atoms with E-state index in [0.29, 0.717) is 0 Å². The molecule has 0 fully saturated rings. The van der Waals surface area contributed by atoms with Crippen molar-refractivity contribution in [2.24, 2.45) is 0 Å². The molecule has 0 aliphatic rings. The van der Waals surface area contributed by atoms with Gasteiger partial charge in [0.2, 0.25) is 0 Å². The minimum atomic E-state index is 0.179. The monoisotopic (exact) mass is 331 g/mol. The lowest BCUT2D eigenvalue weighted by molar-refractivity contribution is 0.319. The van der Waals surface area contributed by atoms with E-state index in [1.165, 1.54) is 11.1 Å². The van der Waals surface area contributed by atoms with Crippen molar-refractivity contribution in [2.45, 2.75) is 39.3 Å². The molecule has 0 radical (unpaired) electrons. The van der Waals surface area contributed by atoms with Crippen molar-refractivity contribution in [2.75, 3.05) is 7.05 Å². The maximum Gasteiger partial charge on any atom is 0.102 e. The topological polar surface area (TPSA) is 31.4 Å². The number of nitriles is 1. The van der Waals surface area contributed by atoms with Gasteiger partial charge in [0.1, 0.15) is 6.07 Å². The van der Waals surface area contributed by atoms with Crippen LogP contribution < -0.4 is 0 Å². The van der Waals surface area contributed by atoms with Crippen molar-refractivity contribution in [3.63, 3.8) is 0 Å². The predicted molar refractivity (Wildman–Crippen MR) is 102 cm³/mol. The average molecular weight is 331 g/mol. The Hall–Kier alpha value is -2.57. The molecule has 0 aliphatic carbocycles. The van der Waals surface area contributed by atoms with Crippen molar-refractivity contribution in [1.29, 1.82) is 5.26 Å². The molecular formula is C22H25N3. The van der Waals surface area contributed by atoms with E-state index in [2.05, 4.69) is 69.3 Å². The Morgan fingerprint density at radius 3 is 2.40 bits per heavy atom. The second kappa shape index (κ2) is 6.74. The minimum absolute atomic E-state index is 0.179. The van der Waals surface area contributed by atoms with Gasteiger partial charge in [0.05, 0.1) is 11.1 Å². The van der Waals surface area contributed by atoms with Gasteiger partial charge in [0.25, 0.3) is 0 Å². The fourth-order valence-electron chi connectivity index (χ4n) is 3.19. The maximum atomic E-state index is 9.53. The van der Waals surface area contributed by atoms with Crippen LogP contribution in [-0.4, -0.2) is 16.3 Å². The Labute approximate surface area is 150 Å². The Morgan fingerprint density at radius 2 is 1.76 bits per heavy atom. The summed E-state index contributed by atoms with van der Waals surface area (Å²) in [5.41, 5.74) is 5.64. The van der Waals surface area contributed by atoms with Crippen LogP contribution in [0.15, 0.2) is 54.9 Å². The molecular weight excluding hydrogens is 306 g/mol. The Bertz CT molecular complexity index is 905. The molecule has 0 atom stereocenters. The van der Waals surface area contributed by atoms with Gasteiger partial charge in [-0.2, -0.15) is 5.26 Å². The molecule has 0 saturated carbocycles. The highest BCUT2D eigenvalue weighted by atomic mass is 15.1. The SMILES string of the molecule is CN(Cc1ccc(C(C)(C)C)cc1)Cc1cn2ccccc2c1C#N. The van der Waals surface area contributed by atoms with E-state index in [9.17, 15) is 5.26 Å². The van der Waals surface area contributed by atoms with Gasteiger partial charge in [0, 0.05) is 31.0 Å². The van der Waals surface area contributed by atoms with Gasteiger partial charge in [-0.15, -0.1) is 0 Å². The first-order chi connectivity index (χ1) is 11.9. The predicted octanol–water partition coefficient (Wildman–Crippen LogP) is 4.74. The first-order valence-corrected chi connectivity index (χ1v) is 8.65. The number of nitrogens with zero attached hydrogens (tertiary/aromatic N) is 3. The lowest BCUT2D eigenvalue weighted by Gasteiger charge is -2.20. The van der Waals surface area contributed by atoms with E-state index in [1.54, 1.807) is 0 Å². The molecule has 0 N–H and O–H groups in total. The second-order valence-electron chi connectivity index (χ2n) is 7.75. The van der Waals surface area contributed by atoms with Crippen LogP contribution >= 0.6 is 0 Å². The van der Waals surface area contributed by atoms with Crippen molar-refractivity contribution in [3.8, 4) is 6.07 Å². The van der Waals surface area contributed by atoms with Crippen LogP contribution in [0.1, 0.15) is 43.0 Å². The molecule has 3 rings (SSSR count). The van der Waals surface area contributed by atoms with Crippen molar-refractivity contribution in [1.82, 2.24) is 9.30 Å². The van der Waals surface area contributed by atoms with Crippen LogP contribution in [0, 0.1) is 11.3 Å². The first kappa shape index (κ1) is 17.3. The third kappa shape index (κ3) is 3.75. The summed E-state index contributed by atoms with van der Waals surface area (Å²) in [7, 11) is 2.10. The Kier molecular flexibility index (Phi) is 4.65. The standard InChI is InChI=1S/C22H25N3/c1-22(2,3)19-10-8-17(9-11-19)14-24(4)15-18-16-25-12-6-5-7-21(25)20(18)13-23/h5-12,16H,14-15H2,1-4H3. The number of aromatic nitrogens is 1. The van der Waals surface area contributed by atoms with Crippen LogP contribution in [0.5, 0.6) is 0 Å². The highest BCUT2D eigenvalue weighted by molar-refractivity contribution is 5.65. The summed E-state index contributed by atoms with van der Waals surface area (Å²) in [6.45, 7) is 8.31. The molecule has 3 aromatic rings. The molecule has 1 aromatic carbocycles. The molecule has 0 saturated heterocycles. The molecule has 0 spiro atoms. The van der Waals surface area contributed by atoms with Gasteiger partial charge >= 0.3 is 0 Å². The number of rotatable bonds is 4. The fraction of sp³-hybridized carbons (Fsp3) is 0.318. The molecule has 3 nitrogen and oxygen atoms in total. The quantitative estimate of drug-likeness (QED) is 0.691. The molecule has 25 heavy (non-hydrogen) atoms. The Morgan fingerprint density at radius 1 is 1.04 bits per heavy atom. The summed E-state index contributed by atoms with van der Waals surface area (Å²) in [6, 6.07) is 17.2. The zero-order chi connectivity index (χ0) is 18.0. The van der Waals surface area contributed by atoms with Gasteiger partial charge in [-0.3, -0.25) is 4.90 Å². The fourth-order valence-corrected chi connectivity index (χ4v) is 3.19. The van der Waals surface area contributed by atoms with Crippen LogP contribution in [0.2, 0.25) is 0 Å². The van der Waals surface area contributed by atoms with E-state index in [0.717, 1.165) is 29.7 Å². The smallest absolute Gasteiger partial charge is 0.102 e. The van der Waals surface area contributed by atoms with Gasteiger partial charge in [0.15, 0.2) is 0 Å². The average Bonchev–Trinajstić information content (AvgIpc) is 2.91. The third-order valence-corrected chi connectivity index (χ3v) is 4.59. The minimum Gasteiger partial charge on any atom is -0.322 e. The van der Waals surface area contributed by atoms with Crippen molar-refractivity contribution in [3.05, 3.63) is 77.1 Å². The molecule has 0 amide bonds. The highest BCUT2D eigenvalue weighted by Gasteiger charge is 2.14. The van der Waals surface area contributed by atoms with Crippen molar-refractivity contribution < 1.29 is 0 Å². The molecule has 2 aromatic heterocycles. The number of hydrogen-bond acceptors (Lipinski definition) is 2. The second-order valence-corrected chi connectivity index (χ2v) is 7.75. The molecule has 3 heteroatoms. The Balaban J connectivity index is 1.75. The highest BCUT2D eigenvalue weighted by Crippen LogP contribution is 2.23. The lowest BCUT2D eigenvalue weighted by Crippen LogP contribution is -2.18. The van der Waals surface area contributed by atoms with Crippen LogP contribution in [0.3, 0.4) is 0 Å². The van der Waals surface area contributed by atoms with E-state index < -0.39 is 0 Å². The summed E-state index contributed by atoms with van der Waals surface area (Å²) in [5.74, 6) is 0. The first-order valence-electron chi connectivity index (χ1n) is 8.65. The normalized spacial score (nSPS) is 11.8. The lowest BCUT2D eigenvalue weighted by atomic mass is 9.87. The molecule has 2 heterocycles. The molecule has 0 unspecified atom stereocenters. The van der Waals surface area contributed by atoms with Crippen LogP contribution in [-0.2, 0) is 18.5 Å². The maximum absolute atomic E-state index is 9.53. The van der Waals surface area contributed by atoms with Crippen molar-refractivity contribution >= 4 is 5.52 Å². The molecule has 0 bridgehead atoms. The van der Waals surface area contributed by atoms with E-state index in [4.69, 9.17) is 0 Å². The van der Waals surface area contributed by atoms with E-state index >= 15 is 0 Å². The number of benzene rings is 1. The van der Waals surface area contributed by atoms with Gasteiger partial charge < -0.3 is 4.40 Å². The van der Waals surface area contributed by atoms with Crippen LogP contribution in [0.25, 0.3) is 5.52 Å². The largest absolute Gasteiger partial charge is 0.322 e. The summed E-state index contributed by atoms with van der Waals surface area (Å²) >= 11 is 0. The third-order valence-electron chi connectivity index (χ3n) is 4.59. The van der Waals surface area contributed by atoms with E-state index in [-0.39, 0.29) is 5.41 Å². The van der Waals surface area contributed by atoms with Crippen LogP contribution in [0.4, 0.5) is 0 Å². The summed E-state index contributed by atoms with van der Waals surface area (Å²) in [5, 5.41) is 9.53. The summed E-state index contributed by atoms with van der Waals surface area (Å²) < 4.78 is 2.03. The number of hydrogen-bond donors (Lipinski definition) is 0. The van der Waals surface area contributed by atoms with Gasteiger partial charge in [-0.05, 0) is 35.7 Å².